The molecule has 1 atom stereocenters. The van der Waals surface area contributed by atoms with Crippen LogP contribution in [0.3, 0.4) is 0 Å². The van der Waals surface area contributed by atoms with Gasteiger partial charge in [0.1, 0.15) is 5.69 Å². The van der Waals surface area contributed by atoms with Gasteiger partial charge >= 0.3 is 10.2 Å². The third kappa shape index (κ3) is 3.01. The second-order valence-corrected chi connectivity index (χ2v) is 6.71. The van der Waals surface area contributed by atoms with Crippen LogP contribution in [0.5, 0.6) is 0 Å². The summed E-state index contributed by atoms with van der Waals surface area (Å²) in [6.45, 7) is 2.65. The van der Waals surface area contributed by atoms with E-state index in [0.29, 0.717) is 13.1 Å². The van der Waals surface area contributed by atoms with Gasteiger partial charge < -0.3 is 5.73 Å². The average molecular weight is 305 g/mol. The highest BCUT2D eigenvalue weighted by molar-refractivity contribution is 7.90. The van der Waals surface area contributed by atoms with Gasteiger partial charge in [-0.15, -0.1) is 0 Å². The Hall–Kier alpha value is -1.41. The van der Waals surface area contributed by atoms with Gasteiger partial charge in [0.2, 0.25) is 0 Å². The fourth-order valence-corrected chi connectivity index (χ4v) is 3.64. The van der Waals surface area contributed by atoms with Crippen LogP contribution >= 0.6 is 0 Å². The van der Waals surface area contributed by atoms with E-state index >= 15 is 0 Å². The van der Waals surface area contributed by atoms with E-state index in [1.807, 2.05) is 11.6 Å². The Morgan fingerprint density at radius 3 is 2.75 bits per heavy atom. The van der Waals surface area contributed by atoms with Crippen LogP contribution in [0.1, 0.15) is 19.8 Å². The number of nitrogens with one attached hydrogen (secondary N) is 1. The third-order valence-electron chi connectivity index (χ3n) is 3.32. The molecule has 1 aromatic carbocycles. The van der Waals surface area contributed by atoms with E-state index in [2.05, 4.69) is 0 Å². The predicted octanol–water partition coefficient (Wildman–Crippen LogP) is 1.94. The molecule has 0 saturated carbocycles. The second kappa shape index (κ2) is 5.53. The van der Waals surface area contributed by atoms with Crippen molar-refractivity contribution >= 4 is 21.6 Å². The quantitative estimate of drug-likeness (QED) is 0.838. The fraction of sp³-hybridized carbons (Fsp3) is 0.500. The maximum atomic E-state index is 13.6. The lowest BCUT2D eigenvalue weighted by atomic mass is 10.0. The number of hydrogen-bond acceptors (Lipinski definition) is 3. The largest absolute Gasteiger partial charge is 0.397 e. The summed E-state index contributed by atoms with van der Waals surface area (Å²) in [7, 11) is -3.93. The fourth-order valence-electron chi connectivity index (χ4n) is 2.23. The monoisotopic (exact) mass is 305 g/mol. The summed E-state index contributed by atoms with van der Waals surface area (Å²) in [4.78, 5) is 0. The molecule has 1 unspecified atom stereocenters. The summed E-state index contributed by atoms with van der Waals surface area (Å²) in [6.07, 6.45) is 1.69. The van der Waals surface area contributed by atoms with E-state index in [4.69, 9.17) is 5.73 Å². The van der Waals surface area contributed by atoms with Gasteiger partial charge in [-0.2, -0.15) is 12.7 Å². The van der Waals surface area contributed by atoms with Crippen LogP contribution in [-0.4, -0.2) is 25.8 Å². The van der Waals surface area contributed by atoms with Crippen molar-refractivity contribution in [2.24, 2.45) is 5.92 Å². The topological polar surface area (TPSA) is 75.4 Å². The van der Waals surface area contributed by atoms with E-state index in [-0.39, 0.29) is 11.6 Å². The van der Waals surface area contributed by atoms with Crippen LogP contribution in [0.4, 0.5) is 20.2 Å². The maximum Gasteiger partial charge on any atom is 0.301 e. The van der Waals surface area contributed by atoms with E-state index in [1.54, 1.807) is 0 Å². The minimum absolute atomic E-state index is 0.155. The van der Waals surface area contributed by atoms with Gasteiger partial charge in [-0.3, -0.25) is 4.72 Å². The average Bonchev–Trinajstić information content (AvgIpc) is 2.39. The van der Waals surface area contributed by atoms with Crippen LogP contribution in [-0.2, 0) is 10.2 Å². The smallest absolute Gasteiger partial charge is 0.301 e. The number of nitrogens with zero attached hydrogens (tertiary/aromatic N) is 1. The molecule has 0 radical (unpaired) electrons. The zero-order valence-corrected chi connectivity index (χ0v) is 11.9. The summed E-state index contributed by atoms with van der Waals surface area (Å²) in [5.74, 6) is -2.21. The van der Waals surface area contributed by atoms with E-state index in [1.165, 1.54) is 4.31 Å². The predicted molar refractivity (Wildman–Crippen MR) is 73.3 cm³/mol. The Bertz CT molecular complexity index is 607. The number of benzene rings is 1. The molecule has 1 aliphatic heterocycles. The maximum absolute atomic E-state index is 13.6. The number of piperidine rings is 1. The van der Waals surface area contributed by atoms with Crippen molar-refractivity contribution in [2.45, 2.75) is 19.8 Å². The molecular formula is C12H17F2N3O2S. The van der Waals surface area contributed by atoms with Crippen LogP contribution in [0.25, 0.3) is 0 Å². The van der Waals surface area contributed by atoms with Gasteiger partial charge in [0.15, 0.2) is 11.6 Å². The third-order valence-corrected chi connectivity index (χ3v) is 4.79. The summed E-state index contributed by atoms with van der Waals surface area (Å²) >= 11 is 0. The molecule has 1 heterocycles. The van der Waals surface area contributed by atoms with Crippen molar-refractivity contribution in [3.05, 3.63) is 23.8 Å². The van der Waals surface area contributed by atoms with Crippen LogP contribution in [0.2, 0.25) is 0 Å². The first-order valence-corrected chi connectivity index (χ1v) is 7.76. The number of nitrogens with two attached hydrogens (primary N) is 1. The number of rotatable bonds is 3. The van der Waals surface area contributed by atoms with E-state index in [0.717, 1.165) is 25.0 Å². The molecule has 20 heavy (non-hydrogen) atoms. The lowest BCUT2D eigenvalue weighted by Gasteiger charge is -2.30. The van der Waals surface area contributed by atoms with Gasteiger partial charge in [0.25, 0.3) is 0 Å². The van der Waals surface area contributed by atoms with Crippen molar-refractivity contribution in [1.82, 2.24) is 4.31 Å². The molecule has 2 rings (SSSR count). The van der Waals surface area contributed by atoms with Crippen molar-refractivity contribution in [3.63, 3.8) is 0 Å². The molecular weight excluding hydrogens is 288 g/mol. The molecule has 8 heteroatoms. The zero-order chi connectivity index (χ0) is 14.9. The number of nitrogen functional groups attached to an aromatic ring is 1. The first-order valence-electron chi connectivity index (χ1n) is 6.32. The molecule has 112 valence electrons. The van der Waals surface area contributed by atoms with Gasteiger partial charge in [0, 0.05) is 13.1 Å². The molecule has 1 fully saturated rings. The molecule has 3 N–H and O–H groups in total. The highest BCUT2D eigenvalue weighted by Gasteiger charge is 2.28. The molecule has 5 nitrogen and oxygen atoms in total. The normalized spacial score (nSPS) is 20.9. The lowest BCUT2D eigenvalue weighted by Crippen LogP contribution is -2.42. The molecule has 1 aliphatic rings. The molecule has 0 bridgehead atoms. The van der Waals surface area contributed by atoms with Crippen LogP contribution < -0.4 is 10.5 Å². The Labute approximate surface area is 116 Å². The first kappa shape index (κ1) is 15.0. The minimum atomic E-state index is -3.93. The molecule has 0 amide bonds. The molecule has 0 aliphatic carbocycles. The van der Waals surface area contributed by atoms with Crippen molar-refractivity contribution in [1.29, 1.82) is 0 Å². The SMILES string of the molecule is CC1CCCN(S(=O)(=O)Nc2c(N)ccc(F)c2F)C1. The summed E-state index contributed by atoms with van der Waals surface area (Å²) in [6, 6.07) is 1.97. The Balaban J connectivity index is 2.27. The lowest BCUT2D eigenvalue weighted by molar-refractivity contribution is 0.282. The molecule has 0 spiro atoms. The summed E-state index contributed by atoms with van der Waals surface area (Å²) in [5.41, 5.74) is 4.81. The highest BCUT2D eigenvalue weighted by atomic mass is 32.2. The Morgan fingerprint density at radius 2 is 2.10 bits per heavy atom. The number of anilines is 2. The Kier molecular flexibility index (Phi) is 4.14. The standard InChI is InChI=1S/C12H17F2N3O2S/c1-8-3-2-6-17(7-8)20(18,19)16-12-10(15)5-4-9(13)11(12)14/h4-5,8,16H,2-3,6-7,15H2,1H3. The number of halogens is 2. The first-order chi connectivity index (χ1) is 9.31. The summed E-state index contributed by atoms with van der Waals surface area (Å²) in [5, 5.41) is 0. The number of hydrogen-bond donors (Lipinski definition) is 2. The van der Waals surface area contributed by atoms with E-state index in [9.17, 15) is 17.2 Å². The summed E-state index contributed by atoms with van der Waals surface area (Å²) < 4.78 is 54.4. The van der Waals surface area contributed by atoms with Crippen molar-refractivity contribution in [2.75, 3.05) is 23.5 Å². The van der Waals surface area contributed by atoms with Gasteiger partial charge in [-0.25, -0.2) is 8.78 Å². The van der Waals surface area contributed by atoms with Crippen LogP contribution in [0, 0.1) is 17.6 Å². The minimum Gasteiger partial charge on any atom is -0.397 e. The van der Waals surface area contributed by atoms with Gasteiger partial charge in [-0.1, -0.05) is 6.92 Å². The van der Waals surface area contributed by atoms with Gasteiger partial charge in [-0.05, 0) is 30.9 Å². The molecule has 0 aromatic heterocycles. The highest BCUT2D eigenvalue weighted by Crippen LogP contribution is 2.27. The van der Waals surface area contributed by atoms with E-state index < -0.39 is 27.5 Å². The Morgan fingerprint density at radius 1 is 1.40 bits per heavy atom. The zero-order valence-electron chi connectivity index (χ0n) is 11.1. The van der Waals surface area contributed by atoms with Crippen molar-refractivity contribution in [3.8, 4) is 0 Å². The molecule has 1 aromatic rings. The van der Waals surface area contributed by atoms with Crippen LogP contribution in [0.15, 0.2) is 12.1 Å². The van der Waals surface area contributed by atoms with Crippen molar-refractivity contribution < 1.29 is 17.2 Å². The van der Waals surface area contributed by atoms with Gasteiger partial charge in [0.05, 0.1) is 5.69 Å². The molecule has 1 saturated heterocycles. The second-order valence-electron chi connectivity index (χ2n) is 5.04.